The molecule has 0 radical (unpaired) electrons. The van der Waals surface area contributed by atoms with E-state index in [0.29, 0.717) is 5.56 Å². The number of benzene rings is 1. The van der Waals surface area contributed by atoms with Gasteiger partial charge in [-0.25, -0.2) is 0 Å². The second kappa shape index (κ2) is 54.9. The Labute approximate surface area is 638 Å². The van der Waals surface area contributed by atoms with E-state index in [9.17, 15) is 86.9 Å². The molecule has 14 amide bonds. The summed E-state index contributed by atoms with van der Waals surface area (Å²) in [5, 5.41) is 74.6. The van der Waals surface area contributed by atoms with Crippen LogP contribution in [0.5, 0.6) is 0 Å². The van der Waals surface area contributed by atoms with Gasteiger partial charge in [-0.3, -0.25) is 87.5 Å². The first-order valence-electron chi connectivity index (χ1n) is 36.1. The highest BCUT2D eigenvalue weighted by Crippen LogP contribution is 2.12. The summed E-state index contributed by atoms with van der Waals surface area (Å²) in [6.45, 7) is -1.18. The van der Waals surface area contributed by atoms with Gasteiger partial charge in [0.1, 0.15) is 48.8 Å². The highest BCUT2D eigenvalue weighted by atomic mass is 16.6. The van der Waals surface area contributed by atoms with Crippen molar-refractivity contribution in [3.05, 3.63) is 46.3 Å². The van der Waals surface area contributed by atoms with Gasteiger partial charge in [-0.1, -0.05) is 35.4 Å². The second-order valence-electron chi connectivity index (χ2n) is 25.1. The van der Waals surface area contributed by atoms with Gasteiger partial charge >= 0.3 is 11.9 Å². The van der Waals surface area contributed by atoms with E-state index in [1.165, 1.54) is 4.90 Å². The van der Waals surface area contributed by atoms with E-state index < -0.39 is 169 Å². The molecule has 1 aromatic carbocycles. The van der Waals surface area contributed by atoms with Gasteiger partial charge in [0.05, 0.1) is 91.8 Å². The molecule has 2 fully saturated rings. The smallest absolute Gasteiger partial charge is 0.305 e. The lowest BCUT2D eigenvalue weighted by atomic mass is 10.0. The van der Waals surface area contributed by atoms with Crippen molar-refractivity contribution in [1.82, 2.24) is 84.7 Å². The molecule has 0 aliphatic carbocycles. The van der Waals surface area contributed by atoms with Crippen LogP contribution in [0.25, 0.3) is 10.4 Å². The number of ether oxygens (including phenoxy) is 4. The van der Waals surface area contributed by atoms with E-state index in [1.54, 1.807) is 30.3 Å². The first-order valence-corrected chi connectivity index (χ1v) is 36.1. The minimum Gasteiger partial charge on any atom is -0.481 e. The van der Waals surface area contributed by atoms with Crippen LogP contribution in [0.4, 0.5) is 0 Å². The Morgan fingerprint density at radius 1 is 0.450 bits per heavy atom. The Bertz CT molecular complexity index is 3330. The number of aliphatic carboxylic acids is 2. The van der Waals surface area contributed by atoms with Gasteiger partial charge < -0.3 is 125 Å². The lowest BCUT2D eigenvalue weighted by Crippen LogP contribution is -2.58. The molecule has 2 heterocycles. The highest BCUT2D eigenvalue weighted by Gasteiger charge is 2.35. The molecule has 0 saturated carbocycles. The number of nitrogens with zero attached hydrogens (tertiary/aromatic N) is 4. The minimum atomic E-state index is -1.70. The molecule has 111 heavy (non-hydrogen) atoms. The normalized spacial score (nSPS) is 18.9. The van der Waals surface area contributed by atoms with Gasteiger partial charge in [-0.2, -0.15) is 0 Å². The molecule has 1 unspecified atom stereocenters. The Morgan fingerprint density at radius 3 is 1.26 bits per heavy atom. The quantitative estimate of drug-likeness (QED) is 0.00720. The van der Waals surface area contributed by atoms with Gasteiger partial charge in [0.25, 0.3) is 0 Å². The Kier molecular flexibility index (Phi) is 46.3. The molecule has 0 aromatic heterocycles. The Balaban J connectivity index is 1.72. The number of rotatable bonds is 47. The number of hydrogen-bond acceptors (Lipinski definition) is 23. The van der Waals surface area contributed by atoms with Crippen LogP contribution in [0, 0.1) is 10.8 Å². The third-order valence-corrected chi connectivity index (χ3v) is 16.2. The van der Waals surface area contributed by atoms with Gasteiger partial charge in [0.15, 0.2) is 11.9 Å². The first-order chi connectivity index (χ1) is 53.1. The van der Waals surface area contributed by atoms with E-state index in [0.717, 1.165) is 0 Å². The topological polar surface area (TPSA) is 683 Å². The number of unbranched alkanes of at least 4 members (excludes halogenated alkanes) is 2. The van der Waals surface area contributed by atoms with Crippen LogP contribution in [0.3, 0.4) is 0 Å². The maximum atomic E-state index is 14.3. The van der Waals surface area contributed by atoms with E-state index in [1.807, 2.05) is 0 Å². The Hall–Kier alpha value is -11.6. The second-order valence-corrected chi connectivity index (χ2v) is 25.1. The van der Waals surface area contributed by atoms with Crippen LogP contribution in [0.2, 0.25) is 0 Å². The zero-order chi connectivity index (χ0) is 81.7. The number of nitrogens with one attached hydrogen (secondary N) is 17. The maximum absolute atomic E-state index is 14.3. The summed E-state index contributed by atoms with van der Waals surface area (Å²) in [5.41, 5.74) is 19.7. The van der Waals surface area contributed by atoms with Crippen molar-refractivity contribution in [2.75, 3.05) is 125 Å². The summed E-state index contributed by atoms with van der Waals surface area (Å²) in [7, 11) is 0. The van der Waals surface area contributed by atoms with Gasteiger partial charge in [-0.15, -0.1) is 0 Å². The number of carboxylic acids is 2. The molecule has 7 atom stereocenters. The first kappa shape index (κ1) is 93.6. The van der Waals surface area contributed by atoms with Crippen molar-refractivity contribution in [2.24, 2.45) is 16.6 Å². The molecule has 616 valence electrons. The molecular formula is C66H105N23O22. The number of hydrogen-bond donors (Lipinski definition) is 21. The van der Waals surface area contributed by atoms with Crippen molar-refractivity contribution >= 4 is 107 Å². The average molecular weight is 1570 g/mol. The molecule has 2 aliphatic rings. The van der Waals surface area contributed by atoms with Crippen LogP contribution in [0.15, 0.2) is 35.4 Å². The molecule has 2 saturated heterocycles. The van der Waals surface area contributed by atoms with E-state index in [-0.39, 0.29) is 207 Å². The van der Waals surface area contributed by atoms with Crippen LogP contribution < -0.4 is 91.2 Å². The highest BCUT2D eigenvalue weighted by molar-refractivity contribution is 5.99. The lowest BCUT2D eigenvalue weighted by molar-refractivity contribution is -0.141. The molecular weight excluding hydrogens is 1470 g/mol. The summed E-state index contributed by atoms with van der Waals surface area (Å²) in [5.74, 6) is -14.8. The number of carboxylic acid groups (broad SMARTS) is 2. The summed E-state index contributed by atoms with van der Waals surface area (Å²) >= 11 is 0. The fraction of sp³-hybridized carbons (Fsp3) is 0.636. The predicted octanol–water partition coefficient (Wildman–Crippen LogP) is -7.46. The molecule has 23 N–H and O–H groups in total. The van der Waals surface area contributed by atoms with Crippen molar-refractivity contribution in [1.29, 1.82) is 10.8 Å². The molecule has 2 aliphatic heterocycles. The molecule has 1 aromatic rings. The van der Waals surface area contributed by atoms with Gasteiger partial charge in [0.2, 0.25) is 82.7 Å². The average Bonchev–Trinajstić information content (AvgIpc) is 1.53. The van der Waals surface area contributed by atoms with Crippen molar-refractivity contribution in [3.8, 4) is 0 Å². The number of amides is 14. The van der Waals surface area contributed by atoms with Crippen LogP contribution in [-0.2, 0) is 102 Å². The fourth-order valence-electron chi connectivity index (χ4n) is 10.6. The monoisotopic (exact) mass is 1570 g/mol. The van der Waals surface area contributed by atoms with Crippen LogP contribution >= 0.6 is 0 Å². The third-order valence-electron chi connectivity index (χ3n) is 16.2. The van der Waals surface area contributed by atoms with Crippen molar-refractivity contribution in [3.63, 3.8) is 0 Å². The number of carbonyl (C=O) groups is 16. The molecule has 0 bridgehead atoms. The largest absolute Gasteiger partial charge is 0.481 e. The van der Waals surface area contributed by atoms with E-state index in [4.69, 9.17) is 46.8 Å². The zero-order valence-electron chi connectivity index (χ0n) is 61.7. The summed E-state index contributed by atoms with van der Waals surface area (Å²) < 4.78 is 22.0. The molecule has 3 rings (SSSR count). The summed E-state index contributed by atoms with van der Waals surface area (Å²) in [4.78, 5) is 214. The number of carbonyl (C=O) groups excluding carboxylic acids is 14. The lowest BCUT2D eigenvalue weighted by Gasteiger charge is -2.26. The van der Waals surface area contributed by atoms with Crippen molar-refractivity contribution < 1.29 is 106 Å². The summed E-state index contributed by atoms with van der Waals surface area (Å²) in [6.07, 6.45) is -1.84. The third kappa shape index (κ3) is 43.3. The minimum absolute atomic E-state index is 0.0122. The number of azide groups is 1. The summed E-state index contributed by atoms with van der Waals surface area (Å²) in [6, 6.07) is -1.75. The van der Waals surface area contributed by atoms with E-state index >= 15 is 0 Å². The standard InChI is InChI=1S/C66H105N23O22/c67-65(68)75-21-8-14-42-58(101)77-38-53(94)82-47(35-56(97)98)60(103)79-37-52(93)81-44(61(104)84-42)12-4-6-19-72-49(90)16-24-89(55(96)18-26-108-28-30-110-32-33-111-31-29-109-27-23-74-51(92)40-80-88-71)25-17-50(91)73-20-7-5-13-45-62(105)85-43(15-9-22-76-66(69)70)59(102)78-39-54(95)83-48(36-57(99)100)64(107)87-46(63(106)86-45)34-41-10-2-1-3-11-41/h1-3,10-11,42-48H,4-9,12-40H2,(H,72,90)(H,73,91)(H,74,92)(H,77,101)(H,78,102)(H,79,103)(H,81,93)(H,82,94)(H,83,95)(H,84,104)(H,85,105)(H,86,106)(H,87,107)(H,97,98)(H,99,100)(H4,67,68,75)(H4,69,70,76)/t42-,43-,44-,45-,46+,47?,48-/m0/s1. The van der Waals surface area contributed by atoms with Crippen LogP contribution in [-0.4, -0.2) is 289 Å². The fourth-order valence-corrected chi connectivity index (χ4v) is 10.6. The predicted molar refractivity (Wildman–Crippen MR) is 390 cm³/mol. The van der Waals surface area contributed by atoms with Gasteiger partial charge in [-0.05, 0) is 75.3 Å². The van der Waals surface area contributed by atoms with Crippen molar-refractivity contribution in [2.45, 2.75) is 145 Å². The number of guanidine groups is 2. The zero-order valence-corrected chi connectivity index (χ0v) is 61.7. The van der Waals surface area contributed by atoms with Gasteiger partial charge in [0, 0.05) is 70.0 Å². The SMILES string of the molecule is [N-]=[N+]=NCC(=O)NCCOCCOCCOCCOCCC(=O)N(CCC(=O)NCCCC[C@@H]1NC(=O)CNC(=O)C(CC(=O)O)NC(=O)CNC(=O)[C@H](CCCNC(=N)N)NC1=O)CCC(=O)NCCCC[C@@H]1NC(=O)[C@@H](Cc2ccccc2)NC(=O)[C@H](CC(=O)O)NC(=O)CNC(=O)[C@H](CCCNC(=N)N)NC1=O. The molecule has 0 spiro atoms. The van der Waals surface area contributed by atoms with E-state index in [2.05, 4.69) is 89.8 Å². The van der Waals surface area contributed by atoms with Crippen LogP contribution in [0.1, 0.15) is 102 Å². The molecule has 45 heteroatoms. The Morgan fingerprint density at radius 2 is 0.811 bits per heavy atom. The number of nitrogens with two attached hydrogens (primary N) is 2. The maximum Gasteiger partial charge on any atom is 0.305 e. The molecule has 45 nitrogen and oxygen atoms in total.